The number of fused-ring (bicyclic) bond motifs is 1. The van der Waals surface area contributed by atoms with Crippen molar-refractivity contribution in [1.29, 1.82) is 5.26 Å². The van der Waals surface area contributed by atoms with Gasteiger partial charge in [0.1, 0.15) is 0 Å². The number of nitrogens with zero attached hydrogens (tertiary/aromatic N) is 1. The molecular weight excluding hydrogens is 358 g/mol. The number of amides is 1. The molecule has 0 bridgehead atoms. The Bertz CT molecular complexity index is 1120. The van der Waals surface area contributed by atoms with Gasteiger partial charge in [0.05, 0.1) is 17.3 Å². The van der Waals surface area contributed by atoms with Crippen molar-refractivity contribution in [2.75, 3.05) is 0 Å². The molecule has 0 fully saturated rings. The lowest BCUT2D eigenvalue weighted by molar-refractivity contribution is -0.114. The van der Waals surface area contributed by atoms with E-state index in [0.29, 0.717) is 23.8 Å². The van der Waals surface area contributed by atoms with E-state index in [1.807, 2.05) is 42.5 Å². The number of benzene rings is 1. The van der Waals surface area contributed by atoms with E-state index in [0.717, 1.165) is 35.4 Å². The van der Waals surface area contributed by atoms with E-state index in [-0.39, 0.29) is 5.91 Å². The number of primary amides is 1. The molecule has 1 unspecified atom stereocenters. The minimum Gasteiger partial charge on any atom is -0.366 e. The molecule has 0 saturated carbocycles. The Hall–Kier alpha value is -3.54. The molecule has 1 heterocycles. The number of aromatic amines is 1. The molecule has 4 nitrogen and oxygen atoms in total. The van der Waals surface area contributed by atoms with Crippen molar-refractivity contribution in [1.82, 2.24) is 4.98 Å². The number of nitrogens with two attached hydrogens (primary N) is 1. The first-order chi connectivity index (χ1) is 14.0. The quantitative estimate of drug-likeness (QED) is 0.736. The van der Waals surface area contributed by atoms with Gasteiger partial charge in [0, 0.05) is 22.9 Å². The van der Waals surface area contributed by atoms with Crippen LogP contribution in [0.3, 0.4) is 0 Å². The van der Waals surface area contributed by atoms with Crippen LogP contribution >= 0.6 is 0 Å². The summed E-state index contributed by atoms with van der Waals surface area (Å²) in [7, 11) is 0. The Kier molecular flexibility index (Phi) is 5.08. The lowest BCUT2D eigenvalue weighted by atomic mass is 9.84. The minimum atomic E-state index is -0.306. The van der Waals surface area contributed by atoms with Gasteiger partial charge < -0.3 is 10.7 Å². The molecule has 2 atom stereocenters. The number of nitrogens with one attached hydrogen (secondary N) is 1. The topological polar surface area (TPSA) is 82.7 Å². The van der Waals surface area contributed by atoms with Crippen LogP contribution in [-0.2, 0) is 4.79 Å². The fraction of sp³-hybridized carbons (Fsp3) is 0.240. The smallest absolute Gasteiger partial charge is 0.244 e. The van der Waals surface area contributed by atoms with Gasteiger partial charge in [0.2, 0.25) is 5.91 Å². The van der Waals surface area contributed by atoms with Crippen LogP contribution in [0.25, 0.3) is 22.9 Å². The van der Waals surface area contributed by atoms with Crippen molar-refractivity contribution in [3.8, 4) is 17.3 Å². The van der Waals surface area contributed by atoms with Gasteiger partial charge in [-0.15, -0.1) is 5.73 Å². The molecule has 4 heteroatoms. The molecule has 144 valence electrons. The SMILES string of the molecule is C[C@H]1C=C(C(N)=O)CCC(C2=CC=C=Cc3[nH]c(-c4ccc(C#N)cc4)cc32)C1. The van der Waals surface area contributed by atoms with Gasteiger partial charge in [-0.05, 0) is 66.5 Å². The van der Waals surface area contributed by atoms with Crippen LogP contribution in [0.1, 0.15) is 43.0 Å². The standard InChI is InChI=1S/C25H23N3O/c1-16-12-19(10-11-20(13-16)25(27)29)21-4-2-3-5-23-22(21)14-24(28-23)18-8-6-17(15-26)7-9-18/h2,4-9,13-14,16,19,28H,10-12H2,1H3,(H2,27,29)/t16-,19?/m1/s1. The predicted molar refractivity (Wildman–Crippen MR) is 115 cm³/mol. The summed E-state index contributed by atoms with van der Waals surface area (Å²) >= 11 is 0. The fourth-order valence-corrected chi connectivity index (χ4v) is 4.30. The highest BCUT2D eigenvalue weighted by molar-refractivity contribution is 5.92. The summed E-state index contributed by atoms with van der Waals surface area (Å²) in [5.74, 6) is 0.330. The highest BCUT2D eigenvalue weighted by Gasteiger charge is 2.25. The Morgan fingerprint density at radius 1 is 1.31 bits per heavy atom. The van der Waals surface area contributed by atoms with E-state index in [2.05, 4.69) is 35.9 Å². The van der Waals surface area contributed by atoms with Gasteiger partial charge in [-0.3, -0.25) is 4.79 Å². The zero-order chi connectivity index (χ0) is 20.4. The highest BCUT2D eigenvalue weighted by Crippen LogP contribution is 2.39. The van der Waals surface area contributed by atoms with Gasteiger partial charge >= 0.3 is 0 Å². The van der Waals surface area contributed by atoms with Crippen molar-refractivity contribution in [2.24, 2.45) is 17.6 Å². The first-order valence-corrected chi connectivity index (χ1v) is 9.92. The summed E-state index contributed by atoms with van der Waals surface area (Å²) in [4.78, 5) is 15.2. The lowest BCUT2D eigenvalue weighted by Gasteiger charge is -2.20. The summed E-state index contributed by atoms with van der Waals surface area (Å²) in [6, 6.07) is 11.9. The maximum absolute atomic E-state index is 11.7. The van der Waals surface area contributed by atoms with Crippen LogP contribution in [0.2, 0.25) is 0 Å². The number of hydrogen-bond donors (Lipinski definition) is 2. The number of hydrogen-bond acceptors (Lipinski definition) is 2. The summed E-state index contributed by atoms with van der Waals surface area (Å²) < 4.78 is 0. The maximum atomic E-state index is 11.7. The second-order valence-corrected chi connectivity index (χ2v) is 7.80. The van der Waals surface area contributed by atoms with E-state index in [9.17, 15) is 4.79 Å². The average Bonchev–Trinajstić information content (AvgIpc) is 2.89. The largest absolute Gasteiger partial charge is 0.366 e. The highest BCUT2D eigenvalue weighted by atomic mass is 16.1. The first kappa shape index (κ1) is 18.8. The third-order valence-corrected chi connectivity index (χ3v) is 5.73. The molecule has 2 aromatic rings. The number of carbonyl (C=O) groups excluding carboxylic acids is 1. The molecule has 1 amide bonds. The second kappa shape index (κ2) is 7.83. The summed E-state index contributed by atoms with van der Waals surface area (Å²) in [6.07, 6.45) is 10.7. The summed E-state index contributed by atoms with van der Waals surface area (Å²) in [5.41, 5.74) is 15.7. The van der Waals surface area contributed by atoms with Crippen LogP contribution in [0.15, 0.2) is 59.9 Å². The molecule has 2 aliphatic carbocycles. The van der Waals surface area contributed by atoms with Crippen LogP contribution < -0.4 is 5.73 Å². The fourth-order valence-electron chi connectivity index (χ4n) is 4.30. The molecule has 0 aliphatic heterocycles. The van der Waals surface area contributed by atoms with Crippen molar-refractivity contribution < 1.29 is 4.79 Å². The van der Waals surface area contributed by atoms with Crippen LogP contribution in [0, 0.1) is 23.2 Å². The maximum Gasteiger partial charge on any atom is 0.244 e. The van der Waals surface area contributed by atoms with Gasteiger partial charge in [-0.25, -0.2) is 0 Å². The molecule has 1 aromatic carbocycles. The summed E-state index contributed by atoms with van der Waals surface area (Å²) in [6.45, 7) is 2.15. The normalized spacial score (nSPS) is 20.7. The van der Waals surface area contributed by atoms with Crippen molar-refractivity contribution in [3.05, 3.63) is 76.7 Å². The molecule has 4 rings (SSSR count). The van der Waals surface area contributed by atoms with Crippen molar-refractivity contribution in [2.45, 2.75) is 26.2 Å². The van der Waals surface area contributed by atoms with Crippen molar-refractivity contribution in [3.63, 3.8) is 0 Å². The second-order valence-electron chi connectivity index (χ2n) is 7.80. The van der Waals surface area contributed by atoms with E-state index in [1.54, 1.807) is 0 Å². The van der Waals surface area contributed by atoms with Crippen molar-refractivity contribution >= 4 is 17.6 Å². The van der Waals surface area contributed by atoms with E-state index in [4.69, 9.17) is 11.0 Å². The zero-order valence-electron chi connectivity index (χ0n) is 16.4. The molecule has 1 aromatic heterocycles. The van der Waals surface area contributed by atoms with Gasteiger partial charge in [-0.1, -0.05) is 31.2 Å². The molecule has 3 N–H and O–H groups in total. The number of allylic oxidation sites excluding steroid dienone is 4. The monoisotopic (exact) mass is 381 g/mol. The Morgan fingerprint density at radius 2 is 2.10 bits per heavy atom. The predicted octanol–water partition coefficient (Wildman–Crippen LogP) is 4.97. The lowest BCUT2D eigenvalue weighted by Crippen LogP contribution is -2.14. The molecule has 2 aliphatic rings. The van der Waals surface area contributed by atoms with E-state index >= 15 is 0 Å². The van der Waals surface area contributed by atoms with E-state index in [1.165, 1.54) is 11.1 Å². The van der Waals surface area contributed by atoms with Crippen LogP contribution in [0.5, 0.6) is 0 Å². The number of carbonyl (C=O) groups is 1. The minimum absolute atomic E-state index is 0.298. The van der Waals surface area contributed by atoms with Gasteiger partial charge in [0.15, 0.2) is 0 Å². The molecular formula is C25H23N3O. The zero-order valence-corrected chi connectivity index (χ0v) is 16.4. The van der Waals surface area contributed by atoms with Crippen LogP contribution in [-0.4, -0.2) is 10.9 Å². The van der Waals surface area contributed by atoms with Gasteiger partial charge in [-0.2, -0.15) is 5.26 Å². The molecule has 0 spiro atoms. The summed E-state index contributed by atoms with van der Waals surface area (Å²) in [5, 5.41) is 9.02. The number of aromatic nitrogens is 1. The van der Waals surface area contributed by atoms with Gasteiger partial charge in [0.25, 0.3) is 0 Å². The molecule has 0 saturated heterocycles. The Labute approximate surface area is 170 Å². The third kappa shape index (κ3) is 3.87. The molecule has 0 radical (unpaired) electrons. The van der Waals surface area contributed by atoms with Crippen LogP contribution in [0.4, 0.5) is 0 Å². The Morgan fingerprint density at radius 3 is 2.83 bits per heavy atom. The Balaban J connectivity index is 1.67. The number of H-pyrrole nitrogens is 1. The van der Waals surface area contributed by atoms with E-state index < -0.39 is 0 Å². The first-order valence-electron chi connectivity index (χ1n) is 9.92. The average molecular weight is 381 g/mol. The third-order valence-electron chi connectivity index (χ3n) is 5.73. The number of nitriles is 1. The number of rotatable bonds is 3. The molecule has 29 heavy (non-hydrogen) atoms.